The Hall–Kier alpha value is -1.53. The van der Waals surface area contributed by atoms with Gasteiger partial charge in [-0.25, -0.2) is 15.0 Å². The molecular formula is C15H13BrN4S. The van der Waals surface area contributed by atoms with Crippen molar-refractivity contribution in [2.24, 2.45) is 0 Å². The van der Waals surface area contributed by atoms with E-state index in [1.54, 1.807) is 12.5 Å². The van der Waals surface area contributed by atoms with Crippen LogP contribution in [0.5, 0.6) is 0 Å². The van der Waals surface area contributed by atoms with Gasteiger partial charge in [0.15, 0.2) is 0 Å². The van der Waals surface area contributed by atoms with Crippen molar-refractivity contribution < 1.29 is 0 Å². The summed E-state index contributed by atoms with van der Waals surface area (Å²) in [5.41, 5.74) is 1.43. The van der Waals surface area contributed by atoms with Crippen LogP contribution in [0.2, 0.25) is 0 Å². The zero-order valence-electron chi connectivity index (χ0n) is 11.3. The topological polar surface area (TPSA) is 50.7 Å². The Bertz CT molecular complexity index is 797. The van der Waals surface area contributed by atoms with Crippen LogP contribution in [0.25, 0.3) is 10.2 Å². The lowest BCUT2D eigenvalue weighted by Gasteiger charge is -2.12. The Morgan fingerprint density at radius 2 is 2.00 bits per heavy atom. The van der Waals surface area contributed by atoms with E-state index >= 15 is 0 Å². The molecule has 4 nitrogen and oxygen atoms in total. The Labute approximate surface area is 134 Å². The minimum atomic E-state index is 0.800. The van der Waals surface area contributed by atoms with Gasteiger partial charge in [0.1, 0.15) is 22.8 Å². The van der Waals surface area contributed by atoms with Crippen molar-refractivity contribution in [1.82, 2.24) is 15.0 Å². The Morgan fingerprint density at radius 1 is 1.10 bits per heavy atom. The number of halogens is 1. The first kappa shape index (κ1) is 13.2. The smallest absolute Gasteiger partial charge is 0.144 e. The molecule has 21 heavy (non-hydrogen) atoms. The third-order valence-corrected chi connectivity index (χ3v) is 5.39. The lowest BCUT2D eigenvalue weighted by molar-refractivity contribution is 0.700. The van der Waals surface area contributed by atoms with Crippen LogP contribution in [0, 0.1) is 0 Å². The largest absolute Gasteiger partial charge is 0.324 e. The molecule has 0 spiro atoms. The van der Waals surface area contributed by atoms with E-state index in [-0.39, 0.29) is 0 Å². The first-order valence-corrected chi connectivity index (χ1v) is 8.56. The van der Waals surface area contributed by atoms with Gasteiger partial charge >= 0.3 is 0 Å². The Morgan fingerprint density at radius 3 is 2.86 bits per heavy atom. The average molecular weight is 361 g/mol. The van der Waals surface area contributed by atoms with Crippen LogP contribution < -0.4 is 5.32 Å². The van der Waals surface area contributed by atoms with E-state index in [1.165, 1.54) is 35.1 Å². The number of thiophene rings is 1. The number of rotatable bonds is 2. The van der Waals surface area contributed by atoms with Crippen LogP contribution in [0.15, 0.2) is 29.1 Å². The van der Waals surface area contributed by atoms with Gasteiger partial charge in [0.05, 0.1) is 5.39 Å². The third kappa shape index (κ3) is 2.42. The van der Waals surface area contributed by atoms with Crippen molar-refractivity contribution in [3.63, 3.8) is 0 Å². The molecule has 0 bridgehead atoms. The molecular weight excluding hydrogens is 348 g/mol. The number of anilines is 2. The molecule has 0 aromatic carbocycles. The van der Waals surface area contributed by atoms with Crippen molar-refractivity contribution in [3.05, 3.63) is 39.6 Å². The summed E-state index contributed by atoms with van der Waals surface area (Å²) in [7, 11) is 0. The second-order valence-electron chi connectivity index (χ2n) is 5.10. The molecule has 0 atom stereocenters. The summed E-state index contributed by atoms with van der Waals surface area (Å²) in [4.78, 5) is 15.8. The fourth-order valence-corrected chi connectivity index (χ4v) is 4.22. The van der Waals surface area contributed by atoms with Crippen LogP contribution in [0.3, 0.4) is 0 Å². The predicted molar refractivity (Wildman–Crippen MR) is 89.3 cm³/mol. The maximum atomic E-state index is 4.44. The van der Waals surface area contributed by atoms with Gasteiger partial charge in [-0.1, -0.05) is 0 Å². The number of nitrogens with one attached hydrogen (secondary N) is 1. The second-order valence-corrected chi connectivity index (χ2v) is 7.10. The lowest BCUT2D eigenvalue weighted by atomic mass is 9.97. The molecule has 0 fully saturated rings. The zero-order chi connectivity index (χ0) is 14.2. The number of fused-ring (bicyclic) bond motifs is 3. The monoisotopic (exact) mass is 360 g/mol. The van der Waals surface area contributed by atoms with Gasteiger partial charge < -0.3 is 5.32 Å². The zero-order valence-corrected chi connectivity index (χ0v) is 13.7. The summed E-state index contributed by atoms with van der Waals surface area (Å²) >= 11 is 5.21. The molecule has 0 saturated heterocycles. The average Bonchev–Trinajstić information content (AvgIpc) is 2.89. The summed E-state index contributed by atoms with van der Waals surface area (Å²) in [6.45, 7) is 0. The van der Waals surface area contributed by atoms with E-state index in [0.717, 1.165) is 27.4 Å². The van der Waals surface area contributed by atoms with Crippen LogP contribution in [0.1, 0.15) is 23.3 Å². The minimum Gasteiger partial charge on any atom is -0.324 e. The summed E-state index contributed by atoms with van der Waals surface area (Å²) in [5.74, 6) is 1.67. The third-order valence-electron chi connectivity index (χ3n) is 3.73. The van der Waals surface area contributed by atoms with Crippen LogP contribution in [-0.4, -0.2) is 15.0 Å². The van der Waals surface area contributed by atoms with Gasteiger partial charge in [0.25, 0.3) is 0 Å². The second kappa shape index (κ2) is 5.35. The maximum absolute atomic E-state index is 4.44. The molecule has 0 amide bonds. The molecule has 0 radical (unpaired) electrons. The van der Waals surface area contributed by atoms with E-state index in [2.05, 4.69) is 36.2 Å². The highest BCUT2D eigenvalue weighted by Gasteiger charge is 2.19. The molecule has 6 heteroatoms. The summed E-state index contributed by atoms with van der Waals surface area (Å²) < 4.78 is 0.966. The normalized spacial score (nSPS) is 14.1. The van der Waals surface area contributed by atoms with Gasteiger partial charge in [-0.3, -0.25) is 0 Å². The first-order chi connectivity index (χ1) is 10.3. The molecule has 106 valence electrons. The van der Waals surface area contributed by atoms with Crippen molar-refractivity contribution in [1.29, 1.82) is 0 Å². The number of hydrogen-bond donors (Lipinski definition) is 1. The van der Waals surface area contributed by atoms with Gasteiger partial charge in [0.2, 0.25) is 0 Å². The van der Waals surface area contributed by atoms with Gasteiger partial charge in [-0.15, -0.1) is 11.3 Å². The van der Waals surface area contributed by atoms with Crippen LogP contribution >= 0.6 is 27.3 Å². The van der Waals surface area contributed by atoms with Crippen molar-refractivity contribution in [2.45, 2.75) is 25.7 Å². The molecule has 0 saturated carbocycles. The summed E-state index contributed by atoms with van der Waals surface area (Å²) in [6.07, 6.45) is 8.25. The maximum Gasteiger partial charge on any atom is 0.144 e. The molecule has 1 aliphatic carbocycles. The predicted octanol–water partition coefficient (Wildman–Crippen LogP) is 4.47. The number of aryl methyl sites for hydroxylation is 2. The van der Waals surface area contributed by atoms with E-state index in [0.29, 0.717) is 0 Å². The standard InChI is InChI=1S/C15H13BrN4S/c16-9-5-6-12(17-7-9)20-14-13-10-3-1-2-4-11(10)21-15(13)19-8-18-14/h5-8H,1-4H2,(H,17,18,19,20). The number of nitrogens with zero attached hydrogens (tertiary/aromatic N) is 3. The molecule has 1 aliphatic rings. The van der Waals surface area contributed by atoms with Gasteiger partial charge in [-0.05, 0) is 59.3 Å². The SMILES string of the molecule is Brc1ccc(Nc2ncnc3sc4c(c23)CCCC4)nc1. The van der Waals surface area contributed by atoms with E-state index < -0.39 is 0 Å². The number of aromatic nitrogens is 3. The summed E-state index contributed by atoms with van der Waals surface area (Å²) in [5, 5.41) is 4.52. The fourth-order valence-electron chi connectivity index (χ4n) is 2.76. The van der Waals surface area contributed by atoms with Crippen molar-refractivity contribution in [2.75, 3.05) is 5.32 Å². The highest BCUT2D eigenvalue weighted by molar-refractivity contribution is 9.10. The molecule has 0 unspecified atom stereocenters. The quantitative estimate of drug-likeness (QED) is 0.732. The highest BCUT2D eigenvalue weighted by atomic mass is 79.9. The van der Waals surface area contributed by atoms with E-state index in [1.807, 2.05) is 23.5 Å². The van der Waals surface area contributed by atoms with Crippen LogP contribution in [0.4, 0.5) is 11.6 Å². The number of pyridine rings is 1. The molecule has 0 aliphatic heterocycles. The highest BCUT2D eigenvalue weighted by Crippen LogP contribution is 2.38. The Balaban J connectivity index is 1.81. The number of hydrogen-bond acceptors (Lipinski definition) is 5. The molecule has 3 aromatic rings. The molecule has 4 rings (SSSR count). The Kier molecular flexibility index (Phi) is 3.35. The van der Waals surface area contributed by atoms with Crippen molar-refractivity contribution in [3.8, 4) is 0 Å². The molecule has 1 N–H and O–H groups in total. The molecule has 3 heterocycles. The summed E-state index contributed by atoms with van der Waals surface area (Å²) in [6, 6.07) is 3.91. The van der Waals surface area contributed by atoms with E-state index in [9.17, 15) is 0 Å². The molecule has 3 aromatic heterocycles. The minimum absolute atomic E-state index is 0.800. The van der Waals surface area contributed by atoms with E-state index in [4.69, 9.17) is 0 Å². The van der Waals surface area contributed by atoms with Gasteiger partial charge in [0, 0.05) is 15.5 Å². The fraction of sp³-hybridized carbons (Fsp3) is 0.267. The van der Waals surface area contributed by atoms with Crippen LogP contribution in [-0.2, 0) is 12.8 Å². The van der Waals surface area contributed by atoms with Crippen molar-refractivity contribution >= 4 is 49.1 Å². The first-order valence-electron chi connectivity index (χ1n) is 6.95. The lowest BCUT2D eigenvalue weighted by Crippen LogP contribution is -2.01. The van der Waals surface area contributed by atoms with Gasteiger partial charge in [-0.2, -0.15) is 0 Å².